The monoisotopic (exact) mass is 387 g/mol. The molecular weight excluding hydrogens is 353 g/mol. The summed E-state index contributed by atoms with van der Waals surface area (Å²) in [7, 11) is -1.99. The molecule has 0 atom stereocenters. The van der Waals surface area contributed by atoms with Crippen molar-refractivity contribution in [2.24, 2.45) is 29.2 Å². The lowest BCUT2D eigenvalue weighted by Gasteiger charge is -2.39. The summed E-state index contributed by atoms with van der Waals surface area (Å²) >= 11 is 0. The molecule has 0 aliphatic carbocycles. The van der Waals surface area contributed by atoms with Crippen molar-refractivity contribution < 1.29 is 19.1 Å². The molecule has 0 saturated heterocycles. The molecule has 7 nitrogen and oxygen atoms in total. The minimum absolute atomic E-state index is 0.0375. The van der Waals surface area contributed by atoms with E-state index in [4.69, 9.17) is 35.2 Å². The third-order valence-electron chi connectivity index (χ3n) is 5.15. The van der Waals surface area contributed by atoms with Gasteiger partial charge in [0.15, 0.2) is 0 Å². The second-order valence-electron chi connectivity index (χ2n) is 7.80. The Morgan fingerprint density at radius 3 is 1.19 bits per heavy atom. The van der Waals surface area contributed by atoms with Crippen molar-refractivity contribution in [2.45, 2.75) is 79.4 Å². The van der Waals surface area contributed by atoms with Crippen molar-refractivity contribution in [3.63, 3.8) is 0 Å². The topological polar surface area (TPSA) is 111 Å². The molecule has 0 heterocycles. The van der Waals surface area contributed by atoms with Gasteiger partial charge in [-0.05, 0) is 23.7 Å². The zero-order valence-corrected chi connectivity index (χ0v) is 18.2. The molecule has 0 aliphatic heterocycles. The van der Waals surface area contributed by atoms with Crippen molar-refractivity contribution in [3.05, 3.63) is 0 Å². The molecule has 0 aromatic carbocycles. The van der Waals surface area contributed by atoms with E-state index in [1.807, 2.05) is 55.4 Å². The van der Waals surface area contributed by atoms with Crippen LogP contribution in [-0.4, -0.2) is 11.2 Å². The Labute approximate surface area is 159 Å². The van der Waals surface area contributed by atoms with Gasteiger partial charge in [-0.1, -0.05) is 55.4 Å². The van der Waals surface area contributed by atoms with E-state index in [1.165, 1.54) is 0 Å². The smallest absolute Gasteiger partial charge is 0.260 e. The highest BCUT2D eigenvalue weighted by atomic mass is 31.2. The molecule has 0 fully saturated rings. The Morgan fingerprint density at radius 1 is 0.731 bits per heavy atom. The van der Waals surface area contributed by atoms with Crippen LogP contribution in [0.2, 0.25) is 0 Å². The first-order valence-corrected chi connectivity index (χ1v) is 10.2. The first-order valence-electron chi connectivity index (χ1n) is 9.00. The fourth-order valence-electron chi connectivity index (χ4n) is 3.07. The normalized spacial score (nSPS) is 13.1. The van der Waals surface area contributed by atoms with E-state index in [2.05, 4.69) is 12.1 Å². The first kappa shape index (κ1) is 25.2. The maximum absolute atomic E-state index is 9.16. The fraction of sp³-hybridized carbons (Fsp3) is 0.889. The molecule has 2 N–H and O–H groups in total. The third-order valence-corrected chi connectivity index (χ3v) is 5.59. The van der Waals surface area contributed by atoms with Gasteiger partial charge in [0.05, 0.1) is 25.0 Å². The van der Waals surface area contributed by atoms with Crippen molar-refractivity contribution in [3.8, 4) is 12.1 Å². The van der Waals surface area contributed by atoms with E-state index >= 15 is 0 Å². The summed E-state index contributed by atoms with van der Waals surface area (Å²) in [5.41, 5.74) is 4.30. The average molecular weight is 387 g/mol. The van der Waals surface area contributed by atoms with Crippen LogP contribution in [0.3, 0.4) is 0 Å². The molecule has 0 aliphatic rings. The van der Waals surface area contributed by atoms with Gasteiger partial charge in [0.25, 0.3) is 0 Å². The quantitative estimate of drug-likeness (QED) is 0.285. The molecule has 0 unspecified atom stereocenters. The van der Waals surface area contributed by atoms with Gasteiger partial charge in [-0.25, -0.2) is 9.78 Å². The molecule has 0 bridgehead atoms. The van der Waals surface area contributed by atoms with Crippen LogP contribution in [0.5, 0.6) is 0 Å². The van der Waals surface area contributed by atoms with Gasteiger partial charge in [-0.3, -0.25) is 5.50 Å². The van der Waals surface area contributed by atoms with Crippen molar-refractivity contribution in [1.82, 2.24) is 0 Å². The van der Waals surface area contributed by atoms with E-state index in [0.717, 1.165) is 0 Å². The summed E-state index contributed by atoms with van der Waals surface area (Å²) in [5, 5.41) is 18.3. The minimum Gasteiger partial charge on any atom is -0.260 e. The molecular formula is C18H34N3O4P. The molecule has 0 amide bonds. The highest BCUT2D eigenvalue weighted by Gasteiger charge is 2.43. The second kappa shape index (κ2) is 11.1. The van der Waals surface area contributed by atoms with E-state index in [0.29, 0.717) is 0 Å². The second-order valence-corrected chi connectivity index (χ2v) is 8.67. The summed E-state index contributed by atoms with van der Waals surface area (Å²) in [6, 6.07) is 4.30. The Hall–Kier alpha value is -0.790. The zero-order valence-electron chi connectivity index (χ0n) is 17.3. The Morgan fingerprint density at radius 2 is 1.00 bits per heavy atom. The summed E-state index contributed by atoms with van der Waals surface area (Å²) in [6.45, 7) is 15.7. The van der Waals surface area contributed by atoms with E-state index in [1.54, 1.807) is 0 Å². The SMILES string of the molecule is CC(C)C(CC#N)(OOP(N)OOC(CC#N)(C(C)C)C(C)C)C(C)C. The van der Waals surface area contributed by atoms with Crippen LogP contribution in [0.15, 0.2) is 0 Å². The highest BCUT2D eigenvalue weighted by molar-refractivity contribution is 7.44. The van der Waals surface area contributed by atoms with Gasteiger partial charge >= 0.3 is 8.53 Å². The van der Waals surface area contributed by atoms with Gasteiger partial charge in [0, 0.05) is 0 Å². The van der Waals surface area contributed by atoms with Crippen LogP contribution in [0.4, 0.5) is 0 Å². The predicted octanol–water partition coefficient (Wildman–Crippen LogP) is 5.00. The molecule has 0 spiro atoms. The van der Waals surface area contributed by atoms with Gasteiger partial charge in [0.2, 0.25) is 0 Å². The average Bonchev–Trinajstić information content (AvgIpc) is 2.53. The molecule has 0 aromatic heterocycles. The van der Waals surface area contributed by atoms with Crippen molar-refractivity contribution >= 4 is 8.53 Å². The molecule has 0 rings (SSSR count). The number of nitrogens with two attached hydrogens (primary N) is 1. The predicted molar refractivity (Wildman–Crippen MR) is 101 cm³/mol. The van der Waals surface area contributed by atoms with E-state index in [-0.39, 0.29) is 36.5 Å². The van der Waals surface area contributed by atoms with Crippen molar-refractivity contribution in [2.75, 3.05) is 0 Å². The summed E-state index contributed by atoms with van der Waals surface area (Å²) in [5.74, 6) is 0.150. The van der Waals surface area contributed by atoms with E-state index < -0.39 is 19.7 Å². The molecule has 0 radical (unpaired) electrons. The Kier molecular flexibility index (Phi) is 10.8. The van der Waals surface area contributed by atoms with Gasteiger partial charge in [-0.2, -0.15) is 19.9 Å². The number of rotatable bonds is 12. The minimum atomic E-state index is -1.99. The molecule has 8 heteroatoms. The largest absolute Gasteiger partial charge is 0.318 e. The summed E-state index contributed by atoms with van der Waals surface area (Å²) in [4.78, 5) is 11.2. The number of hydrogen-bond donors (Lipinski definition) is 1. The number of nitriles is 2. The van der Waals surface area contributed by atoms with Crippen LogP contribution >= 0.6 is 8.53 Å². The molecule has 26 heavy (non-hydrogen) atoms. The number of nitrogens with zero attached hydrogens (tertiary/aromatic N) is 2. The van der Waals surface area contributed by atoms with Crippen LogP contribution < -0.4 is 5.50 Å². The zero-order chi connectivity index (χ0) is 20.5. The Balaban J connectivity index is 5.05. The molecule has 0 saturated carbocycles. The molecule has 0 aromatic rings. The summed E-state index contributed by atoms with van der Waals surface area (Å²) in [6.07, 6.45) is 0.339. The Bertz CT molecular complexity index is 438. The maximum atomic E-state index is 9.16. The lowest BCUT2D eigenvalue weighted by atomic mass is 9.78. The van der Waals surface area contributed by atoms with Crippen LogP contribution in [0, 0.1) is 46.3 Å². The summed E-state index contributed by atoms with van der Waals surface area (Å²) < 4.78 is 10.6. The number of hydrogen-bond acceptors (Lipinski definition) is 7. The lowest BCUT2D eigenvalue weighted by Crippen LogP contribution is -2.44. The van der Waals surface area contributed by atoms with Crippen molar-refractivity contribution in [1.29, 1.82) is 10.5 Å². The highest BCUT2D eigenvalue weighted by Crippen LogP contribution is 2.42. The molecule has 150 valence electrons. The van der Waals surface area contributed by atoms with E-state index in [9.17, 15) is 0 Å². The lowest BCUT2D eigenvalue weighted by molar-refractivity contribution is -0.355. The van der Waals surface area contributed by atoms with Crippen LogP contribution in [-0.2, 0) is 19.1 Å². The van der Waals surface area contributed by atoms with Crippen LogP contribution in [0.1, 0.15) is 68.2 Å². The first-order chi connectivity index (χ1) is 12.0. The fourth-order valence-corrected chi connectivity index (χ4v) is 3.51. The van der Waals surface area contributed by atoms with Gasteiger partial charge in [-0.15, -0.1) is 0 Å². The van der Waals surface area contributed by atoms with Crippen LogP contribution in [0.25, 0.3) is 0 Å². The standard InChI is InChI=1S/C18H34N3O4P/c1-13(2)17(9-11-19,14(3)4)22-24-26(21)25-23-18(10-12-20,15(5)6)16(7)8/h13-16H,9-10,21H2,1-8H3. The maximum Gasteiger partial charge on any atom is 0.318 e. The third kappa shape index (κ3) is 6.13. The van der Waals surface area contributed by atoms with Gasteiger partial charge < -0.3 is 0 Å². The van der Waals surface area contributed by atoms with Gasteiger partial charge in [0.1, 0.15) is 11.2 Å².